The van der Waals surface area contributed by atoms with Crippen molar-refractivity contribution in [2.75, 3.05) is 5.33 Å². The molecular formula is C11H13BrO. The SMILES string of the molecule is CCCc1cccc(C(=O)CBr)c1. The molecule has 0 spiro atoms. The highest BCUT2D eigenvalue weighted by molar-refractivity contribution is 9.09. The molecule has 2 heteroatoms. The summed E-state index contributed by atoms with van der Waals surface area (Å²) >= 11 is 3.17. The average Bonchev–Trinajstić information content (AvgIpc) is 2.18. The number of halogens is 1. The second-order valence-electron chi connectivity index (χ2n) is 3.01. The number of hydrogen-bond donors (Lipinski definition) is 0. The molecular weight excluding hydrogens is 228 g/mol. The van der Waals surface area contributed by atoms with Gasteiger partial charge in [0.1, 0.15) is 0 Å². The Morgan fingerprint density at radius 3 is 2.85 bits per heavy atom. The van der Waals surface area contributed by atoms with Crippen molar-refractivity contribution in [3.05, 3.63) is 35.4 Å². The van der Waals surface area contributed by atoms with Crippen molar-refractivity contribution in [1.82, 2.24) is 0 Å². The van der Waals surface area contributed by atoms with Crippen molar-refractivity contribution in [3.8, 4) is 0 Å². The highest BCUT2D eigenvalue weighted by Crippen LogP contribution is 2.09. The maximum Gasteiger partial charge on any atom is 0.173 e. The molecule has 0 atom stereocenters. The first-order chi connectivity index (χ1) is 6.27. The van der Waals surface area contributed by atoms with Crippen LogP contribution in [0.2, 0.25) is 0 Å². The quantitative estimate of drug-likeness (QED) is 0.584. The largest absolute Gasteiger partial charge is 0.293 e. The summed E-state index contributed by atoms with van der Waals surface area (Å²) in [6, 6.07) is 7.85. The van der Waals surface area contributed by atoms with Gasteiger partial charge in [-0.05, 0) is 18.1 Å². The molecule has 0 saturated carbocycles. The van der Waals surface area contributed by atoms with Crippen LogP contribution in [0.25, 0.3) is 0 Å². The molecule has 0 aliphatic carbocycles. The maximum atomic E-state index is 11.3. The van der Waals surface area contributed by atoms with Crippen LogP contribution in [0, 0.1) is 0 Å². The number of aryl methyl sites for hydroxylation is 1. The lowest BCUT2D eigenvalue weighted by Crippen LogP contribution is -2.00. The second kappa shape index (κ2) is 5.18. The third-order valence-corrected chi connectivity index (χ3v) is 2.42. The van der Waals surface area contributed by atoms with E-state index in [2.05, 4.69) is 28.9 Å². The Morgan fingerprint density at radius 1 is 1.46 bits per heavy atom. The summed E-state index contributed by atoms with van der Waals surface area (Å²) in [7, 11) is 0. The molecule has 0 heterocycles. The maximum absolute atomic E-state index is 11.3. The van der Waals surface area contributed by atoms with Gasteiger partial charge in [-0.15, -0.1) is 0 Å². The first kappa shape index (κ1) is 10.5. The molecule has 13 heavy (non-hydrogen) atoms. The van der Waals surface area contributed by atoms with Gasteiger partial charge in [-0.25, -0.2) is 0 Å². The molecule has 0 N–H and O–H groups in total. The molecule has 70 valence electrons. The van der Waals surface area contributed by atoms with Crippen LogP contribution < -0.4 is 0 Å². The van der Waals surface area contributed by atoms with Gasteiger partial charge in [0.2, 0.25) is 0 Å². The van der Waals surface area contributed by atoms with E-state index in [0.29, 0.717) is 5.33 Å². The predicted octanol–water partition coefficient (Wildman–Crippen LogP) is 3.22. The van der Waals surface area contributed by atoms with Gasteiger partial charge in [-0.3, -0.25) is 4.79 Å². The number of ketones is 1. The Kier molecular flexibility index (Phi) is 4.16. The zero-order chi connectivity index (χ0) is 9.68. The van der Waals surface area contributed by atoms with E-state index in [9.17, 15) is 4.79 Å². The predicted molar refractivity (Wildman–Crippen MR) is 58.6 cm³/mol. The summed E-state index contributed by atoms with van der Waals surface area (Å²) in [5.74, 6) is 0.151. The van der Waals surface area contributed by atoms with Crippen molar-refractivity contribution in [2.24, 2.45) is 0 Å². The van der Waals surface area contributed by atoms with Gasteiger partial charge in [0.05, 0.1) is 5.33 Å². The third-order valence-electron chi connectivity index (χ3n) is 1.91. The first-order valence-electron chi connectivity index (χ1n) is 4.46. The number of carbonyl (C=O) groups is 1. The fourth-order valence-corrected chi connectivity index (χ4v) is 1.59. The van der Waals surface area contributed by atoms with E-state index in [-0.39, 0.29) is 5.78 Å². The summed E-state index contributed by atoms with van der Waals surface area (Å²) in [5.41, 5.74) is 2.05. The van der Waals surface area contributed by atoms with Gasteiger partial charge in [-0.2, -0.15) is 0 Å². The summed E-state index contributed by atoms with van der Waals surface area (Å²) in [6.45, 7) is 2.14. The Labute approximate surface area is 87.3 Å². The number of Topliss-reactive ketones (excluding diaryl/α,β-unsaturated/α-hetero) is 1. The topological polar surface area (TPSA) is 17.1 Å². The van der Waals surface area contributed by atoms with E-state index in [1.165, 1.54) is 5.56 Å². The van der Waals surface area contributed by atoms with Crippen molar-refractivity contribution in [2.45, 2.75) is 19.8 Å². The summed E-state index contributed by atoms with van der Waals surface area (Å²) in [6.07, 6.45) is 2.16. The molecule has 0 unspecified atom stereocenters. The minimum Gasteiger partial charge on any atom is -0.293 e. The van der Waals surface area contributed by atoms with Crippen LogP contribution in [0.3, 0.4) is 0 Å². The standard InChI is InChI=1S/C11H13BrO/c1-2-4-9-5-3-6-10(7-9)11(13)8-12/h3,5-7H,2,4,8H2,1H3. The van der Waals surface area contributed by atoms with Crippen molar-refractivity contribution in [3.63, 3.8) is 0 Å². The van der Waals surface area contributed by atoms with E-state index >= 15 is 0 Å². The zero-order valence-corrected chi connectivity index (χ0v) is 9.30. The smallest absolute Gasteiger partial charge is 0.173 e. The summed E-state index contributed by atoms with van der Waals surface area (Å²) < 4.78 is 0. The van der Waals surface area contributed by atoms with Gasteiger partial charge < -0.3 is 0 Å². The lowest BCUT2D eigenvalue weighted by molar-refractivity contribution is 0.102. The Balaban J connectivity index is 2.85. The first-order valence-corrected chi connectivity index (χ1v) is 5.58. The molecule has 0 aliphatic heterocycles. The summed E-state index contributed by atoms with van der Waals surface area (Å²) in [4.78, 5) is 11.3. The van der Waals surface area contributed by atoms with Crippen LogP contribution >= 0.6 is 15.9 Å². The molecule has 0 fully saturated rings. The lowest BCUT2D eigenvalue weighted by Gasteiger charge is -2.01. The highest BCUT2D eigenvalue weighted by Gasteiger charge is 2.03. The fraction of sp³-hybridized carbons (Fsp3) is 0.364. The van der Waals surface area contributed by atoms with E-state index in [4.69, 9.17) is 0 Å². The Hall–Kier alpha value is -0.630. The average molecular weight is 241 g/mol. The molecule has 1 rings (SSSR count). The molecule has 1 aromatic carbocycles. The number of carbonyl (C=O) groups excluding carboxylic acids is 1. The minimum atomic E-state index is 0.151. The third kappa shape index (κ3) is 2.96. The number of rotatable bonds is 4. The zero-order valence-electron chi connectivity index (χ0n) is 7.72. The van der Waals surface area contributed by atoms with Crippen LogP contribution in [-0.2, 0) is 6.42 Å². The van der Waals surface area contributed by atoms with Gasteiger partial charge >= 0.3 is 0 Å². The van der Waals surface area contributed by atoms with Crippen LogP contribution in [0.15, 0.2) is 24.3 Å². The molecule has 1 aromatic rings. The Bertz CT molecular complexity index is 294. The van der Waals surface area contributed by atoms with Crippen molar-refractivity contribution in [1.29, 1.82) is 0 Å². The van der Waals surface area contributed by atoms with E-state index in [1.807, 2.05) is 18.2 Å². The molecule has 0 radical (unpaired) electrons. The highest BCUT2D eigenvalue weighted by atomic mass is 79.9. The molecule has 0 amide bonds. The molecule has 0 bridgehead atoms. The molecule has 0 aromatic heterocycles. The molecule has 0 aliphatic rings. The van der Waals surface area contributed by atoms with Crippen molar-refractivity contribution >= 4 is 21.7 Å². The number of hydrogen-bond acceptors (Lipinski definition) is 1. The van der Waals surface area contributed by atoms with E-state index in [1.54, 1.807) is 0 Å². The van der Waals surface area contributed by atoms with Crippen LogP contribution in [0.5, 0.6) is 0 Å². The fourth-order valence-electron chi connectivity index (χ4n) is 1.27. The van der Waals surface area contributed by atoms with Crippen LogP contribution in [0.4, 0.5) is 0 Å². The molecule has 1 nitrogen and oxygen atoms in total. The van der Waals surface area contributed by atoms with Gasteiger partial charge in [0.15, 0.2) is 5.78 Å². The van der Waals surface area contributed by atoms with E-state index < -0.39 is 0 Å². The van der Waals surface area contributed by atoms with Crippen LogP contribution in [0.1, 0.15) is 29.3 Å². The van der Waals surface area contributed by atoms with Gasteiger partial charge in [0.25, 0.3) is 0 Å². The van der Waals surface area contributed by atoms with E-state index in [0.717, 1.165) is 18.4 Å². The monoisotopic (exact) mass is 240 g/mol. The van der Waals surface area contributed by atoms with Gasteiger partial charge in [0, 0.05) is 5.56 Å². The second-order valence-corrected chi connectivity index (χ2v) is 3.57. The van der Waals surface area contributed by atoms with Gasteiger partial charge in [-0.1, -0.05) is 47.5 Å². The lowest BCUT2D eigenvalue weighted by atomic mass is 10.1. The normalized spacial score (nSPS) is 10.0. The van der Waals surface area contributed by atoms with Crippen LogP contribution in [-0.4, -0.2) is 11.1 Å². The number of benzene rings is 1. The minimum absolute atomic E-state index is 0.151. The Morgan fingerprint density at radius 2 is 2.23 bits per heavy atom. The van der Waals surface area contributed by atoms with Crippen molar-refractivity contribution < 1.29 is 4.79 Å². The molecule has 0 saturated heterocycles. The number of alkyl halides is 1. The summed E-state index contributed by atoms with van der Waals surface area (Å²) in [5, 5.41) is 0.405.